The molecule has 4 heteroatoms. The Labute approximate surface area is 216 Å². The van der Waals surface area contributed by atoms with Crippen LogP contribution in [0.3, 0.4) is 0 Å². The van der Waals surface area contributed by atoms with Crippen LogP contribution in [-0.2, 0) is 6.42 Å². The normalized spacial score (nSPS) is 11.9. The summed E-state index contributed by atoms with van der Waals surface area (Å²) in [5, 5.41) is 0. The molecule has 0 saturated heterocycles. The minimum absolute atomic E-state index is 0.187. The highest BCUT2D eigenvalue weighted by Crippen LogP contribution is 2.17. The van der Waals surface area contributed by atoms with Gasteiger partial charge in [0, 0.05) is 6.21 Å². The van der Waals surface area contributed by atoms with Gasteiger partial charge in [0.25, 0.3) is 0 Å². The van der Waals surface area contributed by atoms with Gasteiger partial charge in [-0.05, 0) is 79.4 Å². The maximum Gasteiger partial charge on any atom is 0.343 e. The molecule has 3 aromatic rings. The van der Waals surface area contributed by atoms with Crippen LogP contribution in [0.25, 0.3) is 0 Å². The van der Waals surface area contributed by atoms with Crippen molar-refractivity contribution in [3.05, 3.63) is 95.6 Å². The van der Waals surface area contributed by atoms with E-state index >= 15 is 0 Å². The lowest BCUT2D eigenvalue weighted by Gasteiger charge is -2.08. The number of rotatable bonds is 15. The standard InChI is InChI=1S/C32H39NO3/c1-3-4-5-6-7-8-12-23-35-30-21-17-29(18-22-30)32(34)36-31-19-15-28(16-20-31)25-33-26(2)24-27-13-10-9-11-14-27/h9-11,13-22,25-26H,3-8,12,23-24H2,1-2H3/t26-/m0/s1. The van der Waals surface area contributed by atoms with Gasteiger partial charge in [0.05, 0.1) is 18.2 Å². The molecule has 0 bridgehead atoms. The molecule has 0 radical (unpaired) electrons. The summed E-state index contributed by atoms with van der Waals surface area (Å²) in [6.45, 7) is 5.05. The third-order valence-electron chi connectivity index (χ3n) is 6.05. The molecular formula is C32H39NO3. The fraction of sp³-hybridized carbons (Fsp3) is 0.375. The lowest BCUT2D eigenvalue weighted by Crippen LogP contribution is -2.08. The molecule has 36 heavy (non-hydrogen) atoms. The molecule has 1 atom stereocenters. The number of ether oxygens (including phenoxy) is 2. The van der Waals surface area contributed by atoms with Crippen LogP contribution in [-0.4, -0.2) is 24.8 Å². The van der Waals surface area contributed by atoms with E-state index in [0.29, 0.717) is 17.9 Å². The van der Waals surface area contributed by atoms with Crippen molar-refractivity contribution in [2.75, 3.05) is 6.61 Å². The van der Waals surface area contributed by atoms with Crippen LogP contribution in [0.4, 0.5) is 0 Å². The molecule has 0 amide bonds. The summed E-state index contributed by atoms with van der Waals surface area (Å²) in [6.07, 6.45) is 11.6. The average Bonchev–Trinajstić information content (AvgIpc) is 2.91. The number of hydrogen-bond acceptors (Lipinski definition) is 4. The van der Waals surface area contributed by atoms with Crippen molar-refractivity contribution < 1.29 is 14.3 Å². The van der Waals surface area contributed by atoms with E-state index in [-0.39, 0.29) is 12.0 Å². The molecule has 3 aromatic carbocycles. The highest BCUT2D eigenvalue weighted by molar-refractivity contribution is 5.91. The molecular weight excluding hydrogens is 446 g/mol. The predicted octanol–water partition coefficient (Wildman–Crippen LogP) is 8.09. The topological polar surface area (TPSA) is 47.9 Å². The number of carbonyl (C=O) groups is 1. The Balaban J connectivity index is 1.39. The van der Waals surface area contributed by atoms with Crippen LogP contribution in [0, 0.1) is 0 Å². The van der Waals surface area contributed by atoms with Gasteiger partial charge in [0.15, 0.2) is 0 Å². The first-order valence-electron chi connectivity index (χ1n) is 13.3. The van der Waals surface area contributed by atoms with Gasteiger partial charge in [-0.1, -0.05) is 75.8 Å². The van der Waals surface area contributed by atoms with Gasteiger partial charge in [-0.25, -0.2) is 4.79 Å². The first-order chi connectivity index (χ1) is 17.6. The number of unbranched alkanes of at least 4 members (excludes halogenated alkanes) is 6. The quantitative estimate of drug-likeness (QED) is 0.0946. The Kier molecular flexibility index (Phi) is 11.8. The van der Waals surface area contributed by atoms with E-state index in [4.69, 9.17) is 9.47 Å². The maximum atomic E-state index is 12.5. The number of hydrogen-bond donors (Lipinski definition) is 0. The summed E-state index contributed by atoms with van der Waals surface area (Å²) >= 11 is 0. The van der Waals surface area contributed by atoms with Gasteiger partial charge >= 0.3 is 5.97 Å². The van der Waals surface area contributed by atoms with Gasteiger partial charge in [-0.2, -0.15) is 0 Å². The van der Waals surface area contributed by atoms with Crippen molar-refractivity contribution >= 4 is 12.2 Å². The second kappa shape index (κ2) is 15.6. The molecule has 0 aromatic heterocycles. The SMILES string of the molecule is CCCCCCCCCOc1ccc(C(=O)Oc2ccc(C=N[C@@H](C)Cc3ccccc3)cc2)cc1. The third-order valence-corrected chi connectivity index (χ3v) is 6.05. The summed E-state index contributed by atoms with van der Waals surface area (Å²) in [7, 11) is 0. The van der Waals surface area contributed by atoms with E-state index in [1.807, 2.05) is 48.7 Å². The van der Waals surface area contributed by atoms with Crippen molar-refractivity contribution in [2.45, 2.75) is 71.3 Å². The molecule has 0 aliphatic rings. The molecule has 0 aliphatic heterocycles. The minimum Gasteiger partial charge on any atom is -0.494 e. The summed E-state index contributed by atoms with van der Waals surface area (Å²) in [5.41, 5.74) is 2.74. The van der Waals surface area contributed by atoms with Crippen molar-refractivity contribution in [1.82, 2.24) is 0 Å². The molecule has 0 spiro atoms. The van der Waals surface area contributed by atoms with Crippen LogP contribution in [0.2, 0.25) is 0 Å². The maximum absolute atomic E-state index is 12.5. The number of esters is 1. The molecule has 0 fully saturated rings. The van der Waals surface area contributed by atoms with Crippen molar-refractivity contribution in [3.8, 4) is 11.5 Å². The molecule has 0 N–H and O–H groups in total. The highest BCUT2D eigenvalue weighted by atomic mass is 16.5. The average molecular weight is 486 g/mol. The van der Waals surface area contributed by atoms with E-state index < -0.39 is 0 Å². The smallest absolute Gasteiger partial charge is 0.343 e. The van der Waals surface area contributed by atoms with E-state index in [1.54, 1.807) is 24.3 Å². The Morgan fingerprint density at radius 2 is 1.44 bits per heavy atom. The Morgan fingerprint density at radius 1 is 0.806 bits per heavy atom. The second-order valence-corrected chi connectivity index (χ2v) is 9.27. The minimum atomic E-state index is -0.383. The second-order valence-electron chi connectivity index (χ2n) is 9.27. The summed E-state index contributed by atoms with van der Waals surface area (Å²) in [5.74, 6) is 0.906. The van der Waals surface area contributed by atoms with Crippen LogP contribution < -0.4 is 9.47 Å². The van der Waals surface area contributed by atoms with Crippen molar-refractivity contribution in [1.29, 1.82) is 0 Å². The van der Waals surface area contributed by atoms with E-state index in [2.05, 4.69) is 31.0 Å². The Morgan fingerprint density at radius 3 is 2.14 bits per heavy atom. The lowest BCUT2D eigenvalue weighted by atomic mass is 10.1. The monoisotopic (exact) mass is 485 g/mol. The highest BCUT2D eigenvalue weighted by Gasteiger charge is 2.09. The van der Waals surface area contributed by atoms with Gasteiger partial charge in [0.2, 0.25) is 0 Å². The van der Waals surface area contributed by atoms with Gasteiger partial charge in [0.1, 0.15) is 11.5 Å². The number of benzene rings is 3. The van der Waals surface area contributed by atoms with Gasteiger partial charge in [-0.15, -0.1) is 0 Å². The molecule has 0 aliphatic carbocycles. The molecule has 0 saturated carbocycles. The number of nitrogens with zero attached hydrogens (tertiary/aromatic N) is 1. The fourth-order valence-corrected chi connectivity index (χ4v) is 3.95. The zero-order valence-corrected chi connectivity index (χ0v) is 21.7. The summed E-state index contributed by atoms with van der Waals surface area (Å²) in [4.78, 5) is 17.2. The zero-order valence-electron chi connectivity index (χ0n) is 21.7. The van der Waals surface area contributed by atoms with Crippen molar-refractivity contribution in [2.24, 2.45) is 4.99 Å². The molecule has 190 valence electrons. The first kappa shape index (κ1) is 27.2. The predicted molar refractivity (Wildman–Crippen MR) is 149 cm³/mol. The molecule has 4 nitrogen and oxygen atoms in total. The zero-order chi connectivity index (χ0) is 25.4. The summed E-state index contributed by atoms with van der Waals surface area (Å²) in [6, 6.07) is 25.1. The Bertz CT molecular complexity index is 1040. The third kappa shape index (κ3) is 10.1. The van der Waals surface area contributed by atoms with E-state index in [0.717, 1.165) is 24.2 Å². The van der Waals surface area contributed by atoms with Gasteiger partial charge in [-0.3, -0.25) is 4.99 Å². The number of carbonyl (C=O) groups excluding carboxylic acids is 1. The lowest BCUT2D eigenvalue weighted by molar-refractivity contribution is 0.0734. The van der Waals surface area contributed by atoms with Gasteiger partial charge < -0.3 is 9.47 Å². The summed E-state index contributed by atoms with van der Waals surface area (Å²) < 4.78 is 11.3. The van der Waals surface area contributed by atoms with Crippen LogP contribution >= 0.6 is 0 Å². The Hall–Kier alpha value is -3.40. The van der Waals surface area contributed by atoms with E-state index in [9.17, 15) is 4.79 Å². The number of aliphatic imine (C=N–C) groups is 1. The largest absolute Gasteiger partial charge is 0.494 e. The van der Waals surface area contributed by atoms with Crippen molar-refractivity contribution in [3.63, 3.8) is 0 Å². The molecule has 0 unspecified atom stereocenters. The fourth-order valence-electron chi connectivity index (χ4n) is 3.95. The molecule has 0 heterocycles. The van der Waals surface area contributed by atoms with Crippen LogP contribution in [0.15, 0.2) is 83.9 Å². The van der Waals surface area contributed by atoms with Crippen LogP contribution in [0.1, 0.15) is 80.3 Å². The first-order valence-corrected chi connectivity index (χ1v) is 13.3. The van der Waals surface area contributed by atoms with E-state index in [1.165, 1.54) is 44.1 Å². The van der Waals surface area contributed by atoms with Crippen LogP contribution in [0.5, 0.6) is 11.5 Å². The molecule has 3 rings (SSSR count).